The number of anilines is 1. The van der Waals surface area contributed by atoms with Crippen molar-refractivity contribution in [2.24, 2.45) is 5.73 Å². The maximum Gasteiger partial charge on any atom is 0.241 e. The van der Waals surface area contributed by atoms with Crippen molar-refractivity contribution >= 4 is 17.2 Å². The quantitative estimate of drug-likeness (QED) is 0.664. The standard InChI is InChI=1S/C22H25N3O4/c1-5-29-21-13-16(7-9-20(21)28-4)17(10-11-23)15-6-8-19(27-3)18(12-15)25-22(26)14(2)24/h6-10,12-14H,5,24H2,1-4H3,(H,25,26)/t14-/m1/s1. The number of methoxy groups -OCH3 is 2. The van der Waals surface area contributed by atoms with Crippen LogP contribution in [0, 0.1) is 11.3 Å². The largest absolute Gasteiger partial charge is 0.495 e. The zero-order chi connectivity index (χ0) is 21.4. The van der Waals surface area contributed by atoms with E-state index in [2.05, 4.69) is 11.4 Å². The average Bonchev–Trinajstić information content (AvgIpc) is 2.72. The summed E-state index contributed by atoms with van der Waals surface area (Å²) in [5.74, 6) is 1.33. The third kappa shape index (κ3) is 5.27. The molecule has 2 aromatic rings. The molecular formula is C22H25N3O4. The van der Waals surface area contributed by atoms with Crippen molar-refractivity contribution in [3.63, 3.8) is 0 Å². The van der Waals surface area contributed by atoms with Gasteiger partial charge in [0.1, 0.15) is 5.75 Å². The first-order valence-corrected chi connectivity index (χ1v) is 9.11. The van der Waals surface area contributed by atoms with Gasteiger partial charge in [0.15, 0.2) is 11.5 Å². The van der Waals surface area contributed by atoms with Crippen molar-refractivity contribution in [3.8, 4) is 23.3 Å². The fourth-order valence-electron chi connectivity index (χ4n) is 2.73. The lowest BCUT2D eigenvalue weighted by Crippen LogP contribution is -2.32. The summed E-state index contributed by atoms with van der Waals surface area (Å²) in [6, 6.07) is 12.1. The number of hydrogen-bond acceptors (Lipinski definition) is 6. The van der Waals surface area contributed by atoms with E-state index in [1.165, 1.54) is 13.2 Å². The predicted octanol–water partition coefficient (Wildman–Crippen LogP) is 3.34. The van der Waals surface area contributed by atoms with Gasteiger partial charge in [0, 0.05) is 6.08 Å². The smallest absolute Gasteiger partial charge is 0.241 e. The summed E-state index contributed by atoms with van der Waals surface area (Å²) in [7, 11) is 3.08. The second-order valence-corrected chi connectivity index (χ2v) is 6.18. The number of hydrogen-bond donors (Lipinski definition) is 2. The number of allylic oxidation sites excluding steroid dienone is 1. The molecule has 0 spiro atoms. The van der Waals surface area contributed by atoms with E-state index in [1.807, 2.05) is 25.1 Å². The number of nitriles is 1. The molecule has 2 rings (SSSR count). The number of nitrogens with one attached hydrogen (secondary N) is 1. The highest BCUT2D eigenvalue weighted by Gasteiger charge is 2.15. The number of nitrogens with zero attached hydrogens (tertiary/aromatic N) is 1. The molecule has 0 bridgehead atoms. The Kier molecular flexibility index (Phi) is 7.63. The minimum Gasteiger partial charge on any atom is -0.495 e. The van der Waals surface area contributed by atoms with Gasteiger partial charge in [-0.25, -0.2) is 0 Å². The van der Waals surface area contributed by atoms with Crippen molar-refractivity contribution in [1.82, 2.24) is 0 Å². The van der Waals surface area contributed by atoms with Gasteiger partial charge in [0.05, 0.1) is 38.6 Å². The summed E-state index contributed by atoms with van der Waals surface area (Å²) in [6.07, 6.45) is 1.44. The van der Waals surface area contributed by atoms with E-state index < -0.39 is 6.04 Å². The first-order valence-electron chi connectivity index (χ1n) is 9.11. The van der Waals surface area contributed by atoms with E-state index >= 15 is 0 Å². The Morgan fingerprint density at radius 3 is 2.31 bits per heavy atom. The molecule has 3 N–H and O–H groups in total. The summed E-state index contributed by atoms with van der Waals surface area (Å²) in [5, 5.41) is 12.1. The molecule has 7 nitrogen and oxygen atoms in total. The number of carbonyl (C=O) groups is 1. The van der Waals surface area contributed by atoms with E-state index in [1.54, 1.807) is 32.2 Å². The van der Waals surface area contributed by atoms with E-state index in [0.717, 1.165) is 11.1 Å². The molecule has 0 aliphatic carbocycles. The highest BCUT2D eigenvalue weighted by atomic mass is 16.5. The van der Waals surface area contributed by atoms with Crippen LogP contribution >= 0.6 is 0 Å². The molecule has 0 aromatic heterocycles. The molecule has 0 aliphatic rings. The molecule has 0 heterocycles. The Balaban J connectivity index is 2.54. The molecule has 1 atom stereocenters. The maximum atomic E-state index is 12.1. The molecule has 1 amide bonds. The third-order valence-electron chi connectivity index (χ3n) is 4.17. The lowest BCUT2D eigenvalue weighted by atomic mass is 9.96. The van der Waals surface area contributed by atoms with E-state index in [4.69, 9.17) is 19.9 Å². The molecule has 7 heteroatoms. The van der Waals surface area contributed by atoms with Crippen LogP contribution < -0.4 is 25.3 Å². The van der Waals surface area contributed by atoms with Gasteiger partial charge < -0.3 is 25.3 Å². The van der Waals surface area contributed by atoms with Crippen LogP contribution in [0.5, 0.6) is 17.2 Å². The number of ether oxygens (including phenoxy) is 3. The second-order valence-electron chi connectivity index (χ2n) is 6.18. The van der Waals surface area contributed by atoms with Crippen molar-refractivity contribution in [1.29, 1.82) is 5.26 Å². The zero-order valence-corrected chi connectivity index (χ0v) is 17.0. The molecule has 29 heavy (non-hydrogen) atoms. The van der Waals surface area contributed by atoms with Gasteiger partial charge in [0.2, 0.25) is 5.91 Å². The van der Waals surface area contributed by atoms with Crippen LogP contribution in [-0.2, 0) is 4.79 Å². The molecule has 152 valence electrons. The van der Waals surface area contributed by atoms with Crippen molar-refractivity contribution in [3.05, 3.63) is 53.6 Å². The predicted molar refractivity (Wildman–Crippen MR) is 112 cm³/mol. The molecule has 0 fully saturated rings. The Labute approximate surface area is 170 Å². The molecule has 0 radical (unpaired) electrons. The maximum absolute atomic E-state index is 12.1. The minimum atomic E-state index is -0.673. The Morgan fingerprint density at radius 1 is 1.14 bits per heavy atom. The monoisotopic (exact) mass is 395 g/mol. The number of amides is 1. The molecule has 0 unspecified atom stereocenters. The Hall–Kier alpha value is -3.50. The minimum absolute atomic E-state index is 0.339. The third-order valence-corrected chi connectivity index (χ3v) is 4.17. The Bertz CT molecular complexity index is 946. The number of rotatable bonds is 8. The van der Waals surface area contributed by atoms with Gasteiger partial charge >= 0.3 is 0 Å². The fraction of sp³-hybridized carbons (Fsp3) is 0.273. The summed E-state index contributed by atoms with van der Waals surface area (Å²) in [4.78, 5) is 12.1. The lowest BCUT2D eigenvalue weighted by Gasteiger charge is -2.16. The van der Waals surface area contributed by atoms with E-state index in [-0.39, 0.29) is 5.91 Å². The van der Waals surface area contributed by atoms with Gasteiger partial charge in [0.25, 0.3) is 0 Å². The molecule has 2 aromatic carbocycles. The summed E-state index contributed by atoms with van der Waals surface area (Å²) in [5.41, 5.74) is 8.27. The molecule has 0 saturated heterocycles. The molecule has 0 saturated carbocycles. The van der Waals surface area contributed by atoms with Crippen molar-refractivity contribution in [2.45, 2.75) is 19.9 Å². The van der Waals surface area contributed by atoms with Gasteiger partial charge in [-0.2, -0.15) is 5.26 Å². The van der Waals surface area contributed by atoms with E-state index in [0.29, 0.717) is 35.1 Å². The number of benzene rings is 2. The van der Waals surface area contributed by atoms with Crippen molar-refractivity contribution in [2.75, 3.05) is 26.1 Å². The first kappa shape index (κ1) is 21.8. The van der Waals surface area contributed by atoms with E-state index in [9.17, 15) is 10.1 Å². The summed E-state index contributed by atoms with van der Waals surface area (Å²) in [6.45, 7) is 3.96. The van der Waals surface area contributed by atoms with Gasteiger partial charge in [-0.1, -0.05) is 12.1 Å². The van der Waals surface area contributed by atoms with Gasteiger partial charge in [-0.3, -0.25) is 4.79 Å². The highest BCUT2D eigenvalue weighted by molar-refractivity contribution is 5.96. The van der Waals surface area contributed by atoms with Crippen molar-refractivity contribution < 1.29 is 19.0 Å². The van der Waals surface area contributed by atoms with Crippen LogP contribution in [0.3, 0.4) is 0 Å². The molecular weight excluding hydrogens is 370 g/mol. The molecule has 0 aliphatic heterocycles. The average molecular weight is 395 g/mol. The fourth-order valence-corrected chi connectivity index (χ4v) is 2.73. The SMILES string of the molecule is CCOc1cc(C(=CC#N)c2ccc(OC)c(NC(=O)[C@@H](C)N)c2)ccc1OC. The van der Waals surface area contributed by atoms with Crippen LogP contribution in [-0.4, -0.2) is 32.8 Å². The zero-order valence-electron chi connectivity index (χ0n) is 17.0. The number of carbonyl (C=O) groups excluding carboxylic acids is 1. The van der Waals surface area contributed by atoms with Gasteiger partial charge in [-0.15, -0.1) is 0 Å². The second kappa shape index (κ2) is 10.2. The van der Waals surface area contributed by atoms with Crippen LogP contribution in [0.2, 0.25) is 0 Å². The van der Waals surface area contributed by atoms with Crippen LogP contribution in [0.4, 0.5) is 5.69 Å². The summed E-state index contributed by atoms with van der Waals surface area (Å²) >= 11 is 0. The normalized spacial score (nSPS) is 11.9. The summed E-state index contributed by atoms with van der Waals surface area (Å²) < 4.78 is 16.3. The van der Waals surface area contributed by atoms with Crippen LogP contribution in [0.1, 0.15) is 25.0 Å². The number of nitrogens with two attached hydrogens (primary N) is 1. The van der Waals surface area contributed by atoms with Gasteiger partial charge in [-0.05, 0) is 54.8 Å². The first-order chi connectivity index (χ1) is 13.9. The topological polar surface area (TPSA) is 107 Å². The lowest BCUT2D eigenvalue weighted by molar-refractivity contribution is -0.117. The Morgan fingerprint density at radius 2 is 1.76 bits per heavy atom. The highest BCUT2D eigenvalue weighted by Crippen LogP contribution is 2.35. The van der Waals surface area contributed by atoms with Crippen LogP contribution in [0.25, 0.3) is 5.57 Å². The van der Waals surface area contributed by atoms with Crippen LogP contribution in [0.15, 0.2) is 42.5 Å².